The van der Waals surface area contributed by atoms with Crippen molar-refractivity contribution in [2.24, 2.45) is 0 Å². The van der Waals surface area contributed by atoms with Gasteiger partial charge in [0.15, 0.2) is 0 Å². The van der Waals surface area contributed by atoms with Gasteiger partial charge < -0.3 is 5.11 Å². The summed E-state index contributed by atoms with van der Waals surface area (Å²) >= 11 is 0. The highest BCUT2D eigenvalue weighted by Crippen LogP contribution is 2.03. The van der Waals surface area contributed by atoms with E-state index in [1.807, 2.05) is 30.3 Å². The first-order valence-electron chi connectivity index (χ1n) is 6.22. The molecule has 1 aromatic carbocycles. The molecular weight excluding hydrogens is 242 g/mol. The van der Waals surface area contributed by atoms with Crippen LogP contribution in [0.1, 0.15) is 12.0 Å². The van der Waals surface area contributed by atoms with E-state index < -0.39 is 5.97 Å². The first kappa shape index (κ1) is 15.1. The summed E-state index contributed by atoms with van der Waals surface area (Å²) in [5.41, 5.74) is 1.12. The highest BCUT2D eigenvalue weighted by Gasteiger charge is 2.12. The molecule has 1 rings (SSSR count). The Morgan fingerprint density at radius 3 is 2.47 bits per heavy atom. The Hall–Kier alpha value is -1.94. The second kappa shape index (κ2) is 8.21. The Morgan fingerprint density at radius 1 is 1.21 bits per heavy atom. The van der Waals surface area contributed by atoms with Crippen molar-refractivity contribution in [3.05, 3.63) is 48.6 Å². The fraction of sp³-hybridized carbons (Fsp3) is 0.333. The van der Waals surface area contributed by atoms with Crippen molar-refractivity contribution >= 4 is 11.8 Å². The molecule has 0 aliphatic carbocycles. The van der Waals surface area contributed by atoms with E-state index >= 15 is 0 Å². The number of carbonyl (C=O) groups is 2. The monoisotopic (exact) mass is 261 g/mol. The lowest BCUT2D eigenvalue weighted by molar-refractivity contribution is -0.138. The molecule has 0 fully saturated rings. The molecule has 0 atom stereocenters. The summed E-state index contributed by atoms with van der Waals surface area (Å²) < 4.78 is 0. The van der Waals surface area contributed by atoms with Crippen LogP contribution in [-0.4, -0.2) is 41.4 Å². The summed E-state index contributed by atoms with van der Waals surface area (Å²) in [4.78, 5) is 24.0. The smallest absolute Gasteiger partial charge is 0.317 e. The summed E-state index contributed by atoms with van der Waals surface area (Å²) in [6.07, 6.45) is 2.72. The molecule has 0 aromatic heterocycles. The van der Waals surface area contributed by atoms with Crippen LogP contribution in [0.25, 0.3) is 0 Å². The second-order valence-electron chi connectivity index (χ2n) is 4.38. The standard InChI is InChI=1S/C15H19NO3/c1-2-10-16(12-15(18)19)11-14(17)9-8-13-6-4-3-5-7-13/h2-7H,1,8-12H2,(H,18,19). The molecule has 0 heterocycles. The summed E-state index contributed by atoms with van der Waals surface area (Å²) in [5.74, 6) is -0.885. The molecule has 0 saturated heterocycles. The third-order valence-corrected chi connectivity index (χ3v) is 2.68. The number of rotatable bonds is 9. The van der Waals surface area contributed by atoms with Crippen LogP contribution in [0, 0.1) is 0 Å². The first-order chi connectivity index (χ1) is 9.11. The van der Waals surface area contributed by atoms with Crippen molar-refractivity contribution in [1.82, 2.24) is 4.90 Å². The Kier molecular flexibility index (Phi) is 6.53. The highest BCUT2D eigenvalue weighted by molar-refractivity contribution is 5.81. The fourth-order valence-electron chi connectivity index (χ4n) is 1.82. The number of carboxylic acids is 1. The van der Waals surface area contributed by atoms with Crippen LogP contribution in [-0.2, 0) is 16.0 Å². The van der Waals surface area contributed by atoms with Gasteiger partial charge >= 0.3 is 5.97 Å². The van der Waals surface area contributed by atoms with Gasteiger partial charge in [-0.1, -0.05) is 36.4 Å². The van der Waals surface area contributed by atoms with E-state index in [1.165, 1.54) is 0 Å². The molecule has 0 amide bonds. The molecule has 0 bridgehead atoms. The summed E-state index contributed by atoms with van der Waals surface area (Å²) in [6, 6.07) is 9.77. The molecule has 0 radical (unpaired) electrons. The van der Waals surface area contributed by atoms with E-state index in [1.54, 1.807) is 11.0 Å². The van der Waals surface area contributed by atoms with Gasteiger partial charge in [0.25, 0.3) is 0 Å². The molecule has 19 heavy (non-hydrogen) atoms. The van der Waals surface area contributed by atoms with Crippen LogP contribution in [0.3, 0.4) is 0 Å². The number of nitrogens with zero attached hydrogens (tertiary/aromatic N) is 1. The maximum Gasteiger partial charge on any atom is 0.317 e. The molecular formula is C15H19NO3. The lowest BCUT2D eigenvalue weighted by Gasteiger charge is -2.17. The van der Waals surface area contributed by atoms with Crippen LogP contribution >= 0.6 is 0 Å². The topological polar surface area (TPSA) is 57.6 Å². The Balaban J connectivity index is 2.39. The largest absolute Gasteiger partial charge is 0.480 e. The number of benzene rings is 1. The van der Waals surface area contributed by atoms with Crippen molar-refractivity contribution < 1.29 is 14.7 Å². The SMILES string of the molecule is C=CCN(CC(=O)O)CC(=O)CCc1ccccc1. The van der Waals surface area contributed by atoms with Gasteiger partial charge in [0.1, 0.15) is 5.78 Å². The first-order valence-corrected chi connectivity index (χ1v) is 6.22. The zero-order valence-electron chi connectivity index (χ0n) is 10.9. The molecule has 0 aliphatic heterocycles. The lowest BCUT2D eigenvalue weighted by atomic mass is 10.1. The average Bonchev–Trinajstić information content (AvgIpc) is 2.37. The molecule has 1 N–H and O–H groups in total. The van der Waals surface area contributed by atoms with E-state index in [2.05, 4.69) is 6.58 Å². The van der Waals surface area contributed by atoms with Crippen molar-refractivity contribution in [2.45, 2.75) is 12.8 Å². The van der Waals surface area contributed by atoms with Crippen LogP contribution < -0.4 is 0 Å². The maximum absolute atomic E-state index is 11.8. The number of Topliss-reactive ketones (excluding diaryl/α,β-unsaturated/α-hetero) is 1. The molecule has 4 heteroatoms. The van der Waals surface area contributed by atoms with E-state index in [0.29, 0.717) is 19.4 Å². The predicted molar refractivity (Wildman–Crippen MR) is 74.0 cm³/mol. The third-order valence-electron chi connectivity index (χ3n) is 2.68. The van der Waals surface area contributed by atoms with Gasteiger partial charge in [0.2, 0.25) is 0 Å². The van der Waals surface area contributed by atoms with E-state index in [-0.39, 0.29) is 18.9 Å². The van der Waals surface area contributed by atoms with Crippen LogP contribution in [0.4, 0.5) is 0 Å². The van der Waals surface area contributed by atoms with Crippen LogP contribution in [0.2, 0.25) is 0 Å². The highest BCUT2D eigenvalue weighted by atomic mass is 16.4. The molecule has 4 nitrogen and oxygen atoms in total. The van der Waals surface area contributed by atoms with Crippen LogP contribution in [0.5, 0.6) is 0 Å². The predicted octanol–water partition coefficient (Wildman–Crippen LogP) is 1.76. The second-order valence-corrected chi connectivity index (χ2v) is 4.38. The molecule has 0 aliphatic rings. The van der Waals surface area contributed by atoms with Crippen molar-refractivity contribution in [1.29, 1.82) is 0 Å². The molecule has 102 valence electrons. The third kappa shape index (κ3) is 6.52. The fourth-order valence-corrected chi connectivity index (χ4v) is 1.82. The van der Waals surface area contributed by atoms with Gasteiger partial charge in [-0.25, -0.2) is 0 Å². The molecule has 0 saturated carbocycles. The molecule has 1 aromatic rings. The minimum absolute atomic E-state index is 0.0481. The zero-order valence-corrected chi connectivity index (χ0v) is 10.9. The average molecular weight is 261 g/mol. The van der Waals surface area contributed by atoms with E-state index in [4.69, 9.17) is 5.11 Å². The van der Waals surface area contributed by atoms with Crippen molar-refractivity contribution in [2.75, 3.05) is 19.6 Å². The quantitative estimate of drug-likeness (QED) is 0.688. The number of aliphatic carboxylic acids is 1. The van der Waals surface area contributed by atoms with Crippen molar-refractivity contribution in [3.63, 3.8) is 0 Å². The van der Waals surface area contributed by atoms with Gasteiger partial charge in [-0.15, -0.1) is 6.58 Å². The summed E-state index contributed by atoms with van der Waals surface area (Å²) in [7, 11) is 0. The number of aryl methyl sites for hydroxylation is 1. The Labute approximate surface area is 113 Å². The number of hydrogen-bond donors (Lipinski definition) is 1. The Bertz CT molecular complexity index is 428. The minimum atomic E-state index is -0.933. The number of hydrogen-bond acceptors (Lipinski definition) is 3. The van der Waals surface area contributed by atoms with E-state index in [9.17, 15) is 9.59 Å². The van der Waals surface area contributed by atoms with Crippen molar-refractivity contribution in [3.8, 4) is 0 Å². The van der Waals surface area contributed by atoms with Gasteiger partial charge in [0, 0.05) is 13.0 Å². The van der Waals surface area contributed by atoms with Gasteiger partial charge in [-0.3, -0.25) is 14.5 Å². The Morgan fingerprint density at radius 2 is 1.89 bits per heavy atom. The summed E-state index contributed by atoms with van der Waals surface area (Å²) in [5, 5.41) is 8.74. The maximum atomic E-state index is 11.8. The van der Waals surface area contributed by atoms with Gasteiger partial charge in [-0.2, -0.15) is 0 Å². The lowest BCUT2D eigenvalue weighted by Crippen LogP contribution is -2.34. The molecule has 0 unspecified atom stereocenters. The van der Waals surface area contributed by atoms with Gasteiger partial charge in [-0.05, 0) is 12.0 Å². The molecule has 0 spiro atoms. The normalized spacial score (nSPS) is 10.4. The summed E-state index contributed by atoms with van der Waals surface area (Å²) in [6.45, 7) is 3.99. The van der Waals surface area contributed by atoms with Gasteiger partial charge in [0.05, 0.1) is 13.1 Å². The number of ketones is 1. The van der Waals surface area contributed by atoms with E-state index in [0.717, 1.165) is 5.56 Å². The number of carboxylic acid groups (broad SMARTS) is 1. The number of carbonyl (C=O) groups excluding carboxylic acids is 1. The zero-order chi connectivity index (χ0) is 14.1. The van der Waals surface area contributed by atoms with Crippen LogP contribution in [0.15, 0.2) is 43.0 Å². The minimum Gasteiger partial charge on any atom is -0.480 e.